The molecule has 0 aromatic rings. The molecule has 0 amide bonds. The number of aliphatic hydroxyl groups is 1. The Labute approximate surface area is 67.6 Å². The Hall–Kier alpha value is -0.370. The summed E-state index contributed by atoms with van der Waals surface area (Å²) in [6.07, 6.45) is 2.75. The number of rotatable bonds is 3. The number of carbonyl (C=O) groups is 1. The van der Waals surface area contributed by atoms with Crippen LogP contribution in [0.3, 0.4) is 0 Å². The quantitative estimate of drug-likeness (QED) is 0.627. The van der Waals surface area contributed by atoms with Gasteiger partial charge in [-0.2, -0.15) is 0 Å². The van der Waals surface area contributed by atoms with Gasteiger partial charge in [-0.05, 0) is 24.7 Å². The fourth-order valence-corrected chi connectivity index (χ4v) is 1.71. The first-order chi connectivity index (χ1) is 5.07. The summed E-state index contributed by atoms with van der Waals surface area (Å²) in [5.74, 6) is 1.27. The molecule has 2 nitrogen and oxygen atoms in total. The molecule has 1 N–H and O–H groups in total. The fourth-order valence-electron chi connectivity index (χ4n) is 1.71. The van der Waals surface area contributed by atoms with Crippen molar-refractivity contribution in [2.75, 3.05) is 0 Å². The van der Waals surface area contributed by atoms with Crippen molar-refractivity contribution in [1.82, 2.24) is 0 Å². The Morgan fingerprint density at radius 3 is 2.55 bits per heavy atom. The minimum absolute atomic E-state index is 0.316. The van der Waals surface area contributed by atoms with Crippen LogP contribution in [0.5, 0.6) is 0 Å². The van der Waals surface area contributed by atoms with Crippen LogP contribution in [-0.4, -0.2) is 17.0 Å². The molecule has 1 aliphatic rings. The van der Waals surface area contributed by atoms with E-state index in [1.165, 1.54) is 0 Å². The summed E-state index contributed by atoms with van der Waals surface area (Å²) in [5, 5.41) is 9.60. The van der Waals surface area contributed by atoms with Gasteiger partial charge in [0.2, 0.25) is 0 Å². The third kappa shape index (κ3) is 1.80. The summed E-state index contributed by atoms with van der Waals surface area (Å²) in [5.41, 5.74) is -0.642. The fraction of sp³-hybridized carbons (Fsp3) is 0.889. The molecule has 0 aromatic carbocycles. The van der Waals surface area contributed by atoms with Crippen LogP contribution in [0.1, 0.15) is 33.1 Å². The Balaban J connectivity index is 2.31. The monoisotopic (exact) mass is 156 g/mol. The second-order valence-electron chi connectivity index (χ2n) is 4.01. The van der Waals surface area contributed by atoms with Gasteiger partial charge in [-0.15, -0.1) is 0 Å². The van der Waals surface area contributed by atoms with Crippen molar-refractivity contribution < 1.29 is 9.90 Å². The van der Waals surface area contributed by atoms with Gasteiger partial charge < -0.3 is 9.90 Å². The zero-order valence-corrected chi connectivity index (χ0v) is 7.21. The van der Waals surface area contributed by atoms with E-state index in [0.29, 0.717) is 18.3 Å². The molecular formula is C9H16O2. The summed E-state index contributed by atoms with van der Waals surface area (Å²) in [7, 11) is 0. The van der Waals surface area contributed by atoms with Gasteiger partial charge in [0.1, 0.15) is 6.29 Å². The van der Waals surface area contributed by atoms with Gasteiger partial charge in [0, 0.05) is 6.42 Å². The SMILES string of the molecule is CC(C)C1CC(O)(CC=O)C1. The summed E-state index contributed by atoms with van der Waals surface area (Å²) < 4.78 is 0. The zero-order valence-electron chi connectivity index (χ0n) is 7.21. The largest absolute Gasteiger partial charge is 0.389 e. The maximum absolute atomic E-state index is 10.1. The van der Waals surface area contributed by atoms with Crippen molar-refractivity contribution in [2.24, 2.45) is 11.8 Å². The van der Waals surface area contributed by atoms with E-state index in [9.17, 15) is 9.90 Å². The molecule has 0 heterocycles. The van der Waals surface area contributed by atoms with E-state index in [-0.39, 0.29) is 0 Å². The molecule has 0 unspecified atom stereocenters. The van der Waals surface area contributed by atoms with Crippen molar-refractivity contribution in [3.63, 3.8) is 0 Å². The highest BCUT2D eigenvalue weighted by molar-refractivity contribution is 5.51. The maximum Gasteiger partial charge on any atom is 0.122 e. The van der Waals surface area contributed by atoms with Crippen LogP contribution in [-0.2, 0) is 4.79 Å². The van der Waals surface area contributed by atoms with Gasteiger partial charge in [-0.25, -0.2) is 0 Å². The van der Waals surface area contributed by atoms with Crippen LogP contribution in [0.15, 0.2) is 0 Å². The smallest absolute Gasteiger partial charge is 0.122 e. The van der Waals surface area contributed by atoms with Crippen LogP contribution in [0, 0.1) is 11.8 Å². The van der Waals surface area contributed by atoms with E-state index in [4.69, 9.17) is 0 Å². The van der Waals surface area contributed by atoms with E-state index >= 15 is 0 Å². The van der Waals surface area contributed by atoms with Crippen molar-refractivity contribution in [3.8, 4) is 0 Å². The second kappa shape index (κ2) is 2.94. The van der Waals surface area contributed by atoms with Crippen LogP contribution in [0.25, 0.3) is 0 Å². The van der Waals surface area contributed by atoms with E-state index in [1.807, 2.05) is 0 Å². The highest BCUT2D eigenvalue weighted by Crippen LogP contribution is 2.43. The molecule has 0 bridgehead atoms. The minimum Gasteiger partial charge on any atom is -0.389 e. The van der Waals surface area contributed by atoms with Crippen molar-refractivity contribution in [3.05, 3.63) is 0 Å². The lowest BCUT2D eigenvalue weighted by molar-refractivity contribution is -0.124. The van der Waals surface area contributed by atoms with Crippen LogP contribution in [0.2, 0.25) is 0 Å². The summed E-state index contributed by atoms with van der Waals surface area (Å²) in [6, 6.07) is 0. The number of hydrogen-bond donors (Lipinski definition) is 1. The van der Waals surface area contributed by atoms with Gasteiger partial charge >= 0.3 is 0 Å². The summed E-state index contributed by atoms with van der Waals surface area (Å²) in [4.78, 5) is 10.1. The van der Waals surface area contributed by atoms with Gasteiger partial charge in [0.05, 0.1) is 5.60 Å². The normalized spacial score (nSPS) is 36.9. The molecule has 1 saturated carbocycles. The van der Waals surface area contributed by atoms with E-state index in [1.54, 1.807) is 0 Å². The first-order valence-electron chi connectivity index (χ1n) is 4.23. The third-order valence-electron chi connectivity index (χ3n) is 2.69. The molecule has 0 spiro atoms. The van der Waals surface area contributed by atoms with Crippen LogP contribution >= 0.6 is 0 Å². The Morgan fingerprint density at radius 2 is 2.18 bits per heavy atom. The molecule has 64 valence electrons. The van der Waals surface area contributed by atoms with Crippen LogP contribution in [0.4, 0.5) is 0 Å². The summed E-state index contributed by atoms with van der Waals surface area (Å²) in [6.45, 7) is 4.32. The molecule has 0 saturated heterocycles. The lowest BCUT2D eigenvalue weighted by Gasteiger charge is -2.44. The average Bonchev–Trinajstić information content (AvgIpc) is 1.82. The number of hydrogen-bond acceptors (Lipinski definition) is 2. The lowest BCUT2D eigenvalue weighted by Crippen LogP contribution is -2.45. The minimum atomic E-state index is -0.642. The summed E-state index contributed by atoms with van der Waals surface area (Å²) >= 11 is 0. The number of carbonyl (C=O) groups excluding carboxylic acids is 1. The van der Waals surface area contributed by atoms with Gasteiger partial charge in [-0.3, -0.25) is 0 Å². The first-order valence-corrected chi connectivity index (χ1v) is 4.23. The average molecular weight is 156 g/mol. The van der Waals surface area contributed by atoms with Gasteiger partial charge in [0.25, 0.3) is 0 Å². The van der Waals surface area contributed by atoms with E-state index < -0.39 is 5.60 Å². The molecule has 1 aliphatic carbocycles. The molecule has 1 fully saturated rings. The standard InChI is InChI=1S/C9H16O2/c1-7(2)8-5-9(11,6-8)3-4-10/h4,7-8,11H,3,5-6H2,1-2H3. The Morgan fingerprint density at radius 1 is 1.64 bits per heavy atom. The molecule has 0 aliphatic heterocycles. The van der Waals surface area contributed by atoms with E-state index in [0.717, 1.165) is 19.1 Å². The molecule has 2 heteroatoms. The topological polar surface area (TPSA) is 37.3 Å². The molecule has 11 heavy (non-hydrogen) atoms. The lowest BCUT2D eigenvalue weighted by atomic mass is 9.65. The molecule has 0 radical (unpaired) electrons. The molecular weight excluding hydrogens is 140 g/mol. The Kier molecular flexibility index (Phi) is 2.33. The molecule has 0 aromatic heterocycles. The van der Waals surface area contributed by atoms with Crippen molar-refractivity contribution in [2.45, 2.75) is 38.7 Å². The van der Waals surface area contributed by atoms with Gasteiger partial charge in [0.15, 0.2) is 0 Å². The Bertz CT molecular complexity index is 146. The van der Waals surface area contributed by atoms with Crippen molar-refractivity contribution >= 4 is 6.29 Å². The first kappa shape index (κ1) is 8.72. The molecule has 1 rings (SSSR count). The highest BCUT2D eigenvalue weighted by Gasteiger charge is 2.42. The maximum atomic E-state index is 10.1. The zero-order chi connectivity index (χ0) is 8.48. The second-order valence-corrected chi connectivity index (χ2v) is 4.01. The van der Waals surface area contributed by atoms with Crippen molar-refractivity contribution in [1.29, 1.82) is 0 Å². The predicted octanol–water partition coefficient (Wildman–Crippen LogP) is 1.37. The molecule has 0 atom stereocenters. The van der Waals surface area contributed by atoms with Crippen LogP contribution < -0.4 is 0 Å². The predicted molar refractivity (Wildman–Crippen MR) is 43.2 cm³/mol. The number of aldehydes is 1. The van der Waals surface area contributed by atoms with E-state index in [2.05, 4.69) is 13.8 Å². The highest BCUT2D eigenvalue weighted by atomic mass is 16.3. The third-order valence-corrected chi connectivity index (χ3v) is 2.69. The van der Waals surface area contributed by atoms with Gasteiger partial charge in [-0.1, -0.05) is 13.8 Å².